The molecule has 1 aromatic rings. The summed E-state index contributed by atoms with van der Waals surface area (Å²) < 4.78 is 5.16. The molecule has 0 unspecified atom stereocenters. The van der Waals surface area contributed by atoms with Crippen LogP contribution in [0.25, 0.3) is 6.08 Å². The zero-order chi connectivity index (χ0) is 19.8. The first kappa shape index (κ1) is 20.7. The third-order valence-electron chi connectivity index (χ3n) is 4.89. The maximum Gasteiger partial charge on any atom is 0.355 e. The Morgan fingerprint density at radius 2 is 1.78 bits per heavy atom. The fourth-order valence-corrected chi connectivity index (χ4v) is 3.19. The van der Waals surface area contributed by atoms with Crippen LogP contribution >= 0.6 is 0 Å². The van der Waals surface area contributed by atoms with Crippen LogP contribution in [0.4, 0.5) is 0 Å². The van der Waals surface area contributed by atoms with Crippen LogP contribution < -0.4 is 5.32 Å². The Morgan fingerprint density at radius 3 is 2.37 bits per heavy atom. The van der Waals surface area contributed by atoms with E-state index in [1.54, 1.807) is 24.1 Å². The van der Waals surface area contributed by atoms with Gasteiger partial charge >= 0.3 is 5.97 Å². The van der Waals surface area contributed by atoms with Gasteiger partial charge in [-0.25, -0.2) is 4.79 Å². The van der Waals surface area contributed by atoms with E-state index >= 15 is 0 Å². The lowest BCUT2D eigenvalue weighted by atomic mass is 9.87. The van der Waals surface area contributed by atoms with Crippen LogP contribution in [0, 0.1) is 5.92 Å². The topological polar surface area (TPSA) is 75.7 Å². The molecule has 1 aliphatic carbocycles. The number of carbonyl (C=O) groups is 3. The highest BCUT2D eigenvalue weighted by Gasteiger charge is 2.25. The van der Waals surface area contributed by atoms with Crippen molar-refractivity contribution in [2.75, 3.05) is 13.7 Å². The molecule has 0 radical (unpaired) electrons. The predicted octanol–water partition coefficient (Wildman–Crippen LogP) is 2.74. The standard InChI is InChI=1S/C21H28N2O4/c1-15-9-11-18(12-10-15)23(3)20(25)14-27-21(26)19(22-16(2)24)13-17-7-5-4-6-8-17/h4-8,13,15,18H,9-12,14H2,1-3H3,(H,22,24)/b19-13-. The molecule has 0 aliphatic heterocycles. The Labute approximate surface area is 160 Å². The molecule has 0 saturated heterocycles. The van der Waals surface area contributed by atoms with Gasteiger partial charge in [0, 0.05) is 20.0 Å². The normalized spacial score (nSPS) is 19.9. The van der Waals surface area contributed by atoms with Crippen molar-refractivity contribution >= 4 is 23.9 Å². The maximum absolute atomic E-state index is 12.4. The van der Waals surface area contributed by atoms with E-state index in [9.17, 15) is 14.4 Å². The third kappa shape index (κ3) is 6.55. The van der Waals surface area contributed by atoms with Crippen molar-refractivity contribution in [2.45, 2.75) is 45.6 Å². The van der Waals surface area contributed by atoms with E-state index in [4.69, 9.17) is 4.74 Å². The van der Waals surface area contributed by atoms with Crippen molar-refractivity contribution in [1.29, 1.82) is 0 Å². The fourth-order valence-electron chi connectivity index (χ4n) is 3.19. The van der Waals surface area contributed by atoms with E-state index < -0.39 is 5.97 Å². The number of benzene rings is 1. The van der Waals surface area contributed by atoms with Gasteiger partial charge < -0.3 is 15.0 Å². The van der Waals surface area contributed by atoms with Gasteiger partial charge in [0.05, 0.1) is 0 Å². The summed E-state index contributed by atoms with van der Waals surface area (Å²) in [6.07, 6.45) is 5.69. The first-order valence-electron chi connectivity index (χ1n) is 9.34. The van der Waals surface area contributed by atoms with Gasteiger partial charge in [0.25, 0.3) is 5.91 Å². The summed E-state index contributed by atoms with van der Waals surface area (Å²) >= 11 is 0. The van der Waals surface area contributed by atoms with Gasteiger partial charge in [0.15, 0.2) is 6.61 Å². The summed E-state index contributed by atoms with van der Waals surface area (Å²) in [5.41, 5.74) is 0.758. The second-order valence-corrected chi connectivity index (χ2v) is 7.14. The number of likely N-dealkylation sites (N-methyl/N-ethyl adjacent to an activating group) is 1. The molecular formula is C21H28N2O4. The van der Waals surface area contributed by atoms with Crippen molar-refractivity contribution in [3.63, 3.8) is 0 Å². The molecule has 0 spiro atoms. The summed E-state index contributed by atoms with van der Waals surface area (Å²) in [6, 6.07) is 9.31. The Kier molecular flexibility index (Phi) is 7.58. The maximum atomic E-state index is 12.4. The summed E-state index contributed by atoms with van der Waals surface area (Å²) in [7, 11) is 1.76. The molecule has 2 rings (SSSR count). The van der Waals surface area contributed by atoms with Crippen LogP contribution in [-0.2, 0) is 19.1 Å². The summed E-state index contributed by atoms with van der Waals surface area (Å²) in [5, 5.41) is 2.47. The summed E-state index contributed by atoms with van der Waals surface area (Å²) in [6.45, 7) is 3.20. The van der Waals surface area contributed by atoms with Crippen LogP contribution in [0.5, 0.6) is 0 Å². The monoisotopic (exact) mass is 372 g/mol. The van der Waals surface area contributed by atoms with E-state index in [2.05, 4.69) is 12.2 Å². The zero-order valence-electron chi connectivity index (χ0n) is 16.2. The van der Waals surface area contributed by atoms with Crippen LogP contribution in [0.2, 0.25) is 0 Å². The van der Waals surface area contributed by atoms with E-state index in [1.807, 2.05) is 18.2 Å². The lowest BCUT2D eigenvalue weighted by Gasteiger charge is -2.33. The Bertz CT molecular complexity index is 691. The van der Waals surface area contributed by atoms with Crippen LogP contribution in [0.15, 0.2) is 36.0 Å². The van der Waals surface area contributed by atoms with Gasteiger partial charge in [-0.05, 0) is 43.2 Å². The number of ether oxygens (including phenoxy) is 1. The van der Waals surface area contributed by atoms with Crippen molar-refractivity contribution in [3.05, 3.63) is 41.6 Å². The average molecular weight is 372 g/mol. The summed E-state index contributed by atoms with van der Waals surface area (Å²) in [4.78, 5) is 37.8. The van der Waals surface area contributed by atoms with Crippen LogP contribution in [0.1, 0.15) is 45.1 Å². The van der Waals surface area contributed by atoms with Crippen molar-refractivity contribution < 1.29 is 19.1 Å². The number of nitrogens with zero attached hydrogens (tertiary/aromatic N) is 1. The molecule has 146 valence electrons. The molecule has 2 amide bonds. The van der Waals surface area contributed by atoms with Crippen molar-refractivity contribution in [3.8, 4) is 0 Å². The largest absolute Gasteiger partial charge is 0.451 e. The number of hydrogen-bond donors (Lipinski definition) is 1. The number of carbonyl (C=O) groups excluding carboxylic acids is 3. The number of esters is 1. The Hall–Kier alpha value is -2.63. The van der Waals surface area contributed by atoms with Crippen LogP contribution in [0.3, 0.4) is 0 Å². The first-order chi connectivity index (χ1) is 12.9. The number of nitrogens with one attached hydrogen (secondary N) is 1. The molecule has 27 heavy (non-hydrogen) atoms. The molecule has 1 fully saturated rings. The molecule has 1 aliphatic rings. The smallest absolute Gasteiger partial charge is 0.355 e. The molecule has 0 atom stereocenters. The van der Waals surface area contributed by atoms with E-state index in [0.29, 0.717) is 5.92 Å². The van der Waals surface area contributed by atoms with Gasteiger partial charge in [-0.3, -0.25) is 9.59 Å². The molecule has 1 saturated carbocycles. The SMILES string of the molecule is CC(=O)N/C(=C\c1ccccc1)C(=O)OCC(=O)N(C)C1CCC(C)CC1. The van der Waals surface area contributed by atoms with E-state index in [-0.39, 0.29) is 30.2 Å². The quantitative estimate of drug-likeness (QED) is 0.615. The molecule has 0 aromatic heterocycles. The average Bonchev–Trinajstić information content (AvgIpc) is 2.65. The number of hydrogen-bond acceptors (Lipinski definition) is 4. The van der Waals surface area contributed by atoms with Gasteiger partial charge in [0.1, 0.15) is 5.70 Å². The van der Waals surface area contributed by atoms with Crippen molar-refractivity contribution in [2.24, 2.45) is 5.92 Å². The number of amides is 2. The lowest BCUT2D eigenvalue weighted by Crippen LogP contribution is -2.41. The van der Waals surface area contributed by atoms with E-state index in [0.717, 1.165) is 31.2 Å². The van der Waals surface area contributed by atoms with Crippen molar-refractivity contribution in [1.82, 2.24) is 10.2 Å². The molecule has 0 heterocycles. The third-order valence-corrected chi connectivity index (χ3v) is 4.89. The van der Waals surface area contributed by atoms with Gasteiger partial charge in [-0.15, -0.1) is 0 Å². The van der Waals surface area contributed by atoms with E-state index in [1.165, 1.54) is 13.0 Å². The van der Waals surface area contributed by atoms with Gasteiger partial charge in [-0.1, -0.05) is 37.3 Å². The first-order valence-corrected chi connectivity index (χ1v) is 9.34. The number of rotatable bonds is 6. The molecule has 0 bridgehead atoms. The highest BCUT2D eigenvalue weighted by molar-refractivity contribution is 5.98. The van der Waals surface area contributed by atoms with Gasteiger partial charge in [-0.2, -0.15) is 0 Å². The second-order valence-electron chi connectivity index (χ2n) is 7.14. The van der Waals surface area contributed by atoms with Crippen LogP contribution in [-0.4, -0.2) is 42.4 Å². The molecule has 1 N–H and O–H groups in total. The molecule has 6 heteroatoms. The highest BCUT2D eigenvalue weighted by Crippen LogP contribution is 2.26. The minimum absolute atomic E-state index is 0.00986. The zero-order valence-corrected chi connectivity index (χ0v) is 16.2. The minimum Gasteiger partial charge on any atom is -0.451 e. The van der Waals surface area contributed by atoms with Gasteiger partial charge in [0.2, 0.25) is 5.91 Å². The Balaban J connectivity index is 1.95. The summed E-state index contributed by atoms with van der Waals surface area (Å²) in [5.74, 6) is -0.641. The Morgan fingerprint density at radius 1 is 1.15 bits per heavy atom. The lowest BCUT2D eigenvalue weighted by molar-refractivity contribution is -0.150. The minimum atomic E-state index is -0.729. The fraction of sp³-hybridized carbons (Fsp3) is 0.476. The second kappa shape index (κ2) is 9.90. The highest BCUT2D eigenvalue weighted by atomic mass is 16.5. The molecule has 6 nitrogen and oxygen atoms in total. The molecular weight excluding hydrogens is 344 g/mol. The predicted molar refractivity (Wildman–Crippen MR) is 103 cm³/mol. The molecule has 1 aromatic carbocycles.